The third-order valence-corrected chi connectivity index (χ3v) is 8.43. The summed E-state index contributed by atoms with van der Waals surface area (Å²) in [4.78, 5) is 17.6. The molecule has 1 aromatic rings. The second-order valence-corrected chi connectivity index (χ2v) is 12.8. The van der Waals surface area contributed by atoms with E-state index in [1.807, 2.05) is 6.92 Å². The number of fused-ring (bicyclic) bond motifs is 2. The molecule has 184 valence electrons. The summed E-state index contributed by atoms with van der Waals surface area (Å²) >= 11 is 0. The lowest BCUT2D eigenvalue weighted by molar-refractivity contribution is -0.157. The summed E-state index contributed by atoms with van der Waals surface area (Å²) in [6.07, 6.45) is 1.57. The van der Waals surface area contributed by atoms with Gasteiger partial charge in [-0.25, -0.2) is 4.79 Å². The van der Waals surface area contributed by atoms with E-state index in [0.29, 0.717) is 18.1 Å². The Morgan fingerprint density at radius 1 is 1.21 bits per heavy atom. The number of rotatable bonds is 7. The molecule has 3 saturated carbocycles. The summed E-state index contributed by atoms with van der Waals surface area (Å²) in [7, 11) is -3.96. The second kappa shape index (κ2) is 8.78. The van der Waals surface area contributed by atoms with Crippen molar-refractivity contribution in [2.24, 2.45) is 22.2 Å². The van der Waals surface area contributed by atoms with Crippen molar-refractivity contribution in [2.75, 3.05) is 6.61 Å². The van der Waals surface area contributed by atoms with Crippen LogP contribution in [0.4, 0.5) is 0 Å². The number of carbonyl (C=O) groups is 1. The maximum Gasteiger partial charge on any atom is 0.331 e. The molecule has 33 heavy (non-hydrogen) atoms. The standard InChI is InChI=1S/C25H37NO6S/c1-16-8-10-18(11-9-16)33(29,30)31-13-12-19(22(27)32-23(2,3)4)26-21-15-17-14-20(24(17,5)6)25(21,7)28/h8-11,17,19-20,28H,12-15H2,1-7H3/t17-,19?,20-,25?/m1/s1. The number of aliphatic hydroxyl groups is 1. The first-order valence-corrected chi connectivity index (χ1v) is 12.9. The topological polar surface area (TPSA) is 102 Å². The quantitative estimate of drug-likeness (QED) is 0.467. The number of aliphatic imine (C=N–C) groups is 1. The Labute approximate surface area is 197 Å². The number of nitrogens with zero attached hydrogens (tertiary/aromatic N) is 1. The minimum absolute atomic E-state index is 0.0230. The lowest BCUT2D eigenvalue weighted by atomic mass is 9.44. The van der Waals surface area contributed by atoms with E-state index < -0.39 is 33.3 Å². The van der Waals surface area contributed by atoms with Crippen LogP contribution in [-0.2, 0) is 23.8 Å². The molecule has 3 aliphatic carbocycles. The zero-order valence-electron chi connectivity index (χ0n) is 20.7. The molecule has 8 heteroatoms. The summed E-state index contributed by atoms with van der Waals surface area (Å²) in [5, 5.41) is 11.3. The highest BCUT2D eigenvalue weighted by molar-refractivity contribution is 7.86. The normalized spacial score (nSPS) is 28.8. The SMILES string of the molecule is Cc1ccc(S(=O)(=O)OCCC(N=C2C[C@H]3C[C@@H](C2(C)O)C3(C)C)C(=O)OC(C)(C)C)cc1. The van der Waals surface area contributed by atoms with Crippen molar-refractivity contribution >= 4 is 21.8 Å². The van der Waals surface area contributed by atoms with Gasteiger partial charge in [0.05, 0.1) is 11.5 Å². The average Bonchev–Trinajstić information content (AvgIpc) is 2.66. The van der Waals surface area contributed by atoms with Gasteiger partial charge in [0.15, 0.2) is 0 Å². The van der Waals surface area contributed by atoms with E-state index in [4.69, 9.17) is 8.92 Å². The minimum atomic E-state index is -3.96. The summed E-state index contributed by atoms with van der Waals surface area (Å²) in [6, 6.07) is 5.42. The number of benzene rings is 1. The third-order valence-electron chi connectivity index (χ3n) is 7.10. The van der Waals surface area contributed by atoms with Crippen LogP contribution in [0.2, 0.25) is 0 Å². The van der Waals surface area contributed by atoms with Gasteiger partial charge in [-0.3, -0.25) is 9.18 Å². The van der Waals surface area contributed by atoms with Gasteiger partial charge < -0.3 is 9.84 Å². The number of aryl methyl sites for hydroxylation is 1. The third kappa shape index (κ3) is 5.49. The van der Waals surface area contributed by atoms with Crippen molar-refractivity contribution in [3.63, 3.8) is 0 Å². The van der Waals surface area contributed by atoms with Gasteiger partial charge in [-0.1, -0.05) is 31.5 Å². The molecule has 0 amide bonds. The van der Waals surface area contributed by atoms with Crippen LogP contribution in [0.1, 0.15) is 66.4 Å². The van der Waals surface area contributed by atoms with E-state index in [-0.39, 0.29) is 29.3 Å². The van der Waals surface area contributed by atoms with E-state index in [9.17, 15) is 18.3 Å². The number of hydrogen-bond acceptors (Lipinski definition) is 7. The minimum Gasteiger partial charge on any atom is -0.458 e. The fourth-order valence-electron chi connectivity index (χ4n) is 4.98. The predicted molar refractivity (Wildman–Crippen MR) is 127 cm³/mol. The van der Waals surface area contributed by atoms with Crippen LogP contribution in [0.15, 0.2) is 34.2 Å². The molecule has 3 aliphatic rings. The Morgan fingerprint density at radius 3 is 2.33 bits per heavy atom. The van der Waals surface area contributed by atoms with Crippen molar-refractivity contribution in [3.05, 3.63) is 29.8 Å². The van der Waals surface area contributed by atoms with Crippen molar-refractivity contribution < 1.29 is 27.2 Å². The zero-order chi connectivity index (χ0) is 24.8. The lowest BCUT2D eigenvalue weighted by Gasteiger charge is -2.62. The molecule has 3 fully saturated rings. The van der Waals surface area contributed by atoms with Crippen LogP contribution in [0, 0.1) is 24.2 Å². The van der Waals surface area contributed by atoms with Gasteiger partial charge in [-0.05, 0) is 76.8 Å². The molecule has 1 N–H and O–H groups in total. The molecular formula is C25H37NO6S. The average molecular weight is 480 g/mol. The molecule has 0 heterocycles. The van der Waals surface area contributed by atoms with Gasteiger partial charge in [-0.2, -0.15) is 8.42 Å². The van der Waals surface area contributed by atoms with E-state index in [1.54, 1.807) is 39.8 Å². The molecular weight excluding hydrogens is 442 g/mol. The van der Waals surface area contributed by atoms with Crippen LogP contribution in [-0.4, -0.2) is 49.1 Å². The maximum atomic E-state index is 12.9. The van der Waals surface area contributed by atoms with Gasteiger partial charge in [0.2, 0.25) is 0 Å². The predicted octanol–water partition coefficient (Wildman–Crippen LogP) is 4.06. The van der Waals surface area contributed by atoms with Gasteiger partial charge in [0.25, 0.3) is 10.1 Å². The Bertz CT molecular complexity index is 1020. The molecule has 4 atom stereocenters. The van der Waals surface area contributed by atoms with Crippen LogP contribution < -0.4 is 0 Å². The molecule has 0 aliphatic heterocycles. The smallest absolute Gasteiger partial charge is 0.331 e. The Kier molecular flexibility index (Phi) is 6.88. The molecule has 2 unspecified atom stereocenters. The highest BCUT2D eigenvalue weighted by atomic mass is 32.2. The van der Waals surface area contributed by atoms with Crippen molar-refractivity contribution in [1.82, 2.24) is 0 Å². The Hall–Kier alpha value is -1.77. The first kappa shape index (κ1) is 25.8. The molecule has 1 aromatic carbocycles. The van der Waals surface area contributed by atoms with Gasteiger partial charge >= 0.3 is 5.97 Å². The van der Waals surface area contributed by atoms with E-state index in [1.165, 1.54) is 12.1 Å². The van der Waals surface area contributed by atoms with Crippen molar-refractivity contribution in [2.45, 2.75) is 89.9 Å². The van der Waals surface area contributed by atoms with Gasteiger partial charge in [-0.15, -0.1) is 0 Å². The number of esters is 1. The highest BCUT2D eigenvalue weighted by Gasteiger charge is 2.61. The van der Waals surface area contributed by atoms with Gasteiger partial charge in [0.1, 0.15) is 17.2 Å². The fraction of sp³-hybridized carbons (Fsp3) is 0.680. The highest BCUT2D eigenvalue weighted by Crippen LogP contribution is 2.61. The summed E-state index contributed by atoms with van der Waals surface area (Å²) in [5.74, 6) is -0.0838. The Balaban J connectivity index is 1.77. The molecule has 4 rings (SSSR count). The van der Waals surface area contributed by atoms with Crippen LogP contribution >= 0.6 is 0 Å². The fourth-order valence-corrected chi connectivity index (χ4v) is 5.90. The van der Waals surface area contributed by atoms with Gasteiger partial charge in [0, 0.05) is 12.1 Å². The van der Waals surface area contributed by atoms with Crippen molar-refractivity contribution in [3.8, 4) is 0 Å². The second-order valence-electron chi connectivity index (χ2n) is 11.2. The van der Waals surface area contributed by atoms with Crippen molar-refractivity contribution in [1.29, 1.82) is 0 Å². The van der Waals surface area contributed by atoms with E-state index in [0.717, 1.165) is 12.0 Å². The molecule has 0 aromatic heterocycles. The molecule has 7 nitrogen and oxygen atoms in total. The lowest BCUT2D eigenvalue weighted by Crippen LogP contribution is -2.65. The maximum absolute atomic E-state index is 12.9. The number of ether oxygens (including phenoxy) is 1. The van der Waals surface area contributed by atoms with E-state index >= 15 is 0 Å². The van der Waals surface area contributed by atoms with Crippen LogP contribution in [0.3, 0.4) is 0 Å². The number of carbonyl (C=O) groups excluding carboxylic acids is 1. The first-order chi connectivity index (χ1) is 15.0. The monoisotopic (exact) mass is 479 g/mol. The number of hydrogen-bond donors (Lipinski definition) is 1. The molecule has 2 bridgehead atoms. The Morgan fingerprint density at radius 2 is 1.82 bits per heavy atom. The summed E-state index contributed by atoms with van der Waals surface area (Å²) < 4.78 is 35.8. The molecule has 0 saturated heterocycles. The van der Waals surface area contributed by atoms with Crippen LogP contribution in [0.5, 0.6) is 0 Å². The first-order valence-electron chi connectivity index (χ1n) is 11.5. The molecule has 0 spiro atoms. The summed E-state index contributed by atoms with van der Waals surface area (Å²) in [6.45, 7) is 13.0. The van der Waals surface area contributed by atoms with E-state index in [2.05, 4.69) is 18.8 Å². The summed E-state index contributed by atoms with van der Waals surface area (Å²) in [5.41, 5.74) is -0.289. The largest absolute Gasteiger partial charge is 0.458 e. The molecule has 0 radical (unpaired) electrons. The zero-order valence-corrected chi connectivity index (χ0v) is 21.5. The van der Waals surface area contributed by atoms with Crippen LogP contribution in [0.25, 0.3) is 0 Å².